The third-order valence-corrected chi connectivity index (χ3v) is 9.94. The number of fused-ring (bicyclic) bond motifs is 1. The Kier molecular flexibility index (Phi) is 5.19. The summed E-state index contributed by atoms with van der Waals surface area (Å²) in [6.07, 6.45) is 34.2. The molecule has 34 heavy (non-hydrogen) atoms. The van der Waals surface area contributed by atoms with Crippen molar-refractivity contribution in [2.24, 2.45) is 29.1 Å². The first-order chi connectivity index (χ1) is 16.7. The number of hydrogen-bond donors (Lipinski definition) is 0. The molecule has 1 aromatic rings. The average molecular weight is 447 g/mol. The van der Waals surface area contributed by atoms with Crippen LogP contribution in [0.15, 0.2) is 95.2 Å². The Balaban J connectivity index is 1.03. The van der Waals surface area contributed by atoms with Crippen LogP contribution in [0, 0.1) is 29.1 Å². The summed E-state index contributed by atoms with van der Waals surface area (Å²) in [6.45, 7) is 0. The Hall–Kier alpha value is -2.34. The van der Waals surface area contributed by atoms with Crippen LogP contribution in [-0.2, 0) is 12.8 Å². The minimum Gasteiger partial charge on any atom is -0.0836 e. The van der Waals surface area contributed by atoms with E-state index in [1.165, 1.54) is 53.5 Å². The second kappa shape index (κ2) is 8.40. The standard InChI is InChI=1S/C34H38/c1-2-5-29(6-3-1)32-14-13-30(31-7-4-8-33(31)32)20-25-11-9-24(10-12-25)15-16-34-21-26-17-27(22-34)19-28(18-26)23-34/h2,4-14,26-28,33H,1,3,15-23H2. The highest BCUT2D eigenvalue weighted by molar-refractivity contribution is 5.60. The summed E-state index contributed by atoms with van der Waals surface area (Å²) in [4.78, 5) is 0. The van der Waals surface area contributed by atoms with Gasteiger partial charge < -0.3 is 0 Å². The van der Waals surface area contributed by atoms with Crippen molar-refractivity contribution in [3.8, 4) is 0 Å². The van der Waals surface area contributed by atoms with Crippen molar-refractivity contribution < 1.29 is 0 Å². The van der Waals surface area contributed by atoms with Gasteiger partial charge in [-0.2, -0.15) is 0 Å². The molecule has 0 heteroatoms. The smallest absolute Gasteiger partial charge is 0.0281 e. The summed E-state index contributed by atoms with van der Waals surface area (Å²) >= 11 is 0. The molecule has 7 aliphatic carbocycles. The van der Waals surface area contributed by atoms with E-state index in [4.69, 9.17) is 0 Å². The lowest BCUT2D eigenvalue weighted by Crippen LogP contribution is -2.46. The van der Waals surface area contributed by atoms with Gasteiger partial charge in [-0.25, -0.2) is 0 Å². The molecule has 0 spiro atoms. The van der Waals surface area contributed by atoms with Gasteiger partial charge in [0.15, 0.2) is 0 Å². The van der Waals surface area contributed by atoms with Gasteiger partial charge in [0, 0.05) is 5.92 Å². The van der Waals surface area contributed by atoms with Crippen LogP contribution in [0.2, 0.25) is 0 Å². The molecule has 4 bridgehead atoms. The highest BCUT2D eigenvalue weighted by Crippen LogP contribution is 2.61. The van der Waals surface area contributed by atoms with Gasteiger partial charge in [0.25, 0.3) is 0 Å². The quantitative estimate of drug-likeness (QED) is 0.410. The summed E-state index contributed by atoms with van der Waals surface area (Å²) in [6, 6.07) is 9.66. The van der Waals surface area contributed by atoms with Crippen LogP contribution in [0.1, 0.15) is 68.9 Å². The molecule has 1 unspecified atom stereocenters. The van der Waals surface area contributed by atoms with Gasteiger partial charge in [-0.1, -0.05) is 72.9 Å². The van der Waals surface area contributed by atoms with Gasteiger partial charge in [0.05, 0.1) is 0 Å². The van der Waals surface area contributed by atoms with Crippen LogP contribution >= 0.6 is 0 Å². The summed E-state index contributed by atoms with van der Waals surface area (Å²) < 4.78 is 0. The van der Waals surface area contributed by atoms with Gasteiger partial charge in [-0.05, 0) is 127 Å². The number of allylic oxidation sites excluding steroid dienone is 12. The van der Waals surface area contributed by atoms with Crippen molar-refractivity contribution >= 4 is 0 Å². The molecule has 0 aliphatic heterocycles. The van der Waals surface area contributed by atoms with Crippen LogP contribution in [0.4, 0.5) is 0 Å². The molecule has 1 aromatic carbocycles. The van der Waals surface area contributed by atoms with Gasteiger partial charge in [0.2, 0.25) is 0 Å². The highest BCUT2D eigenvalue weighted by atomic mass is 14.5. The first-order valence-electron chi connectivity index (χ1n) is 14.0. The Labute approximate surface area is 205 Å². The predicted molar refractivity (Wildman–Crippen MR) is 142 cm³/mol. The van der Waals surface area contributed by atoms with Crippen molar-refractivity contribution in [3.63, 3.8) is 0 Å². The van der Waals surface area contributed by atoms with Crippen LogP contribution in [0.3, 0.4) is 0 Å². The molecule has 1 atom stereocenters. The molecular formula is C34H38. The van der Waals surface area contributed by atoms with Crippen molar-refractivity contribution in [1.29, 1.82) is 0 Å². The maximum absolute atomic E-state index is 2.43. The fourth-order valence-corrected chi connectivity index (χ4v) is 8.76. The Morgan fingerprint density at radius 1 is 0.765 bits per heavy atom. The van der Waals surface area contributed by atoms with E-state index in [2.05, 4.69) is 72.9 Å². The fraction of sp³-hybridized carbons (Fsp3) is 0.471. The number of benzene rings is 1. The van der Waals surface area contributed by atoms with Crippen molar-refractivity contribution in [3.05, 3.63) is 106 Å². The Morgan fingerprint density at radius 3 is 2.21 bits per heavy atom. The van der Waals surface area contributed by atoms with E-state index < -0.39 is 0 Å². The zero-order valence-corrected chi connectivity index (χ0v) is 20.5. The number of rotatable bonds is 6. The van der Waals surface area contributed by atoms with E-state index in [0.29, 0.717) is 11.3 Å². The number of aryl methyl sites for hydroxylation is 1. The largest absolute Gasteiger partial charge is 0.0836 e. The predicted octanol–water partition coefficient (Wildman–Crippen LogP) is 8.63. The van der Waals surface area contributed by atoms with Crippen LogP contribution in [-0.4, -0.2) is 0 Å². The van der Waals surface area contributed by atoms with Crippen molar-refractivity contribution in [2.75, 3.05) is 0 Å². The molecule has 0 aromatic heterocycles. The maximum atomic E-state index is 2.43. The van der Waals surface area contributed by atoms with E-state index >= 15 is 0 Å². The van der Waals surface area contributed by atoms with E-state index in [-0.39, 0.29) is 0 Å². The number of hydrogen-bond acceptors (Lipinski definition) is 0. The van der Waals surface area contributed by atoms with E-state index in [1.54, 1.807) is 44.1 Å². The molecule has 8 rings (SSSR count). The van der Waals surface area contributed by atoms with Gasteiger partial charge >= 0.3 is 0 Å². The molecule has 174 valence electrons. The molecule has 0 radical (unpaired) electrons. The van der Waals surface area contributed by atoms with E-state index in [0.717, 1.165) is 24.2 Å². The fourth-order valence-electron chi connectivity index (χ4n) is 8.76. The second-order valence-electron chi connectivity index (χ2n) is 12.3. The SMILES string of the molecule is C1=CC2C(C3=CCCC=C3)=CC=C(Cc3ccc(CCC45CC6CC(CC(C6)C4)C5)cc3)C2=C1. The summed E-state index contributed by atoms with van der Waals surface area (Å²) in [5.74, 6) is 3.65. The Bertz CT molecular complexity index is 1110. The van der Waals surface area contributed by atoms with Gasteiger partial charge in [0.1, 0.15) is 0 Å². The summed E-state index contributed by atoms with van der Waals surface area (Å²) in [5, 5.41) is 0. The maximum Gasteiger partial charge on any atom is 0.0281 e. The topological polar surface area (TPSA) is 0 Å². The molecule has 0 nitrogen and oxygen atoms in total. The zero-order chi connectivity index (χ0) is 22.5. The van der Waals surface area contributed by atoms with Gasteiger partial charge in [-0.15, -0.1) is 0 Å². The molecule has 0 saturated heterocycles. The molecule has 0 amide bonds. The summed E-state index contributed by atoms with van der Waals surface area (Å²) in [5.41, 5.74) is 9.58. The van der Waals surface area contributed by atoms with Gasteiger partial charge in [-0.3, -0.25) is 0 Å². The lowest BCUT2D eigenvalue weighted by Gasteiger charge is -2.57. The normalized spacial score (nSPS) is 35.1. The Morgan fingerprint density at radius 2 is 1.50 bits per heavy atom. The highest BCUT2D eigenvalue weighted by Gasteiger charge is 2.50. The van der Waals surface area contributed by atoms with E-state index in [1.807, 2.05) is 0 Å². The summed E-state index contributed by atoms with van der Waals surface area (Å²) in [7, 11) is 0. The molecular weight excluding hydrogens is 408 g/mol. The third-order valence-electron chi connectivity index (χ3n) is 9.94. The lowest BCUT2D eigenvalue weighted by atomic mass is 9.48. The second-order valence-corrected chi connectivity index (χ2v) is 12.3. The van der Waals surface area contributed by atoms with Crippen molar-refractivity contribution in [2.45, 2.75) is 70.6 Å². The van der Waals surface area contributed by atoms with Crippen LogP contribution < -0.4 is 0 Å². The average Bonchev–Trinajstić information content (AvgIpc) is 3.34. The monoisotopic (exact) mass is 446 g/mol. The van der Waals surface area contributed by atoms with Crippen molar-refractivity contribution in [1.82, 2.24) is 0 Å². The first-order valence-corrected chi connectivity index (χ1v) is 14.0. The molecule has 7 aliphatic rings. The zero-order valence-electron chi connectivity index (χ0n) is 20.5. The molecule has 0 heterocycles. The van der Waals surface area contributed by atoms with Crippen LogP contribution in [0.5, 0.6) is 0 Å². The molecule has 4 fully saturated rings. The van der Waals surface area contributed by atoms with E-state index in [9.17, 15) is 0 Å². The van der Waals surface area contributed by atoms with Crippen LogP contribution in [0.25, 0.3) is 0 Å². The molecule has 4 saturated carbocycles. The third kappa shape index (κ3) is 3.84. The lowest BCUT2D eigenvalue weighted by molar-refractivity contribution is -0.0569. The molecule has 0 N–H and O–H groups in total. The minimum absolute atomic E-state index is 0.438. The minimum atomic E-state index is 0.438. The first kappa shape index (κ1) is 21.0.